The number of amides is 1. The van der Waals surface area contributed by atoms with Gasteiger partial charge in [0.05, 0.1) is 37.6 Å². The van der Waals surface area contributed by atoms with Gasteiger partial charge in [0, 0.05) is 49.7 Å². The number of aliphatic hydroxyl groups is 1. The van der Waals surface area contributed by atoms with Gasteiger partial charge >= 0.3 is 0 Å². The Labute approximate surface area is 210 Å². The zero-order valence-corrected chi connectivity index (χ0v) is 20.1. The molecule has 0 saturated carbocycles. The highest BCUT2D eigenvalue weighted by Crippen LogP contribution is 2.38. The lowest BCUT2D eigenvalue weighted by molar-refractivity contribution is -0.253. The fourth-order valence-electron chi connectivity index (χ4n) is 4.53. The number of aromatic nitrogens is 1. The Kier molecular flexibility index (Phi) is 8.00. The smallest absolute Gasteiger partial charge is 0.257 e. The van der Waals surface area contributed by atoms with Gasteiger partial charge in [-0.25, -0.2) is 0 Å². The van der Waals surface area contributed by atoms with Crippen LogP contribution >= 0.6 is 0 Å². The first-order valence-electron chi connectivity index (χ1n) is 12.3. The minimum absolute atomic E-state index is 0.00525. The van der Waals surface area contributed by atoms with Crippen molar-refractivity contribution in [3.63, 3.8) is 0 Å². The summed E-state index contributed by atoms with van der Waals surface area (Å²) >= 11 is 0. The molecular weight excluding hydrogens is 458 g/mol. The van der Waals surface area contributed by atoms with E-state index < -0.39 is 6.29 Å². The van der Waals surface area contributed by atoms with E-state index in [2.05, 4.69) is 15.2 Å². The number of benzene rings is 2. The predicted octanol–water partition coefficient (Wildman–Crippen LogP) is 3.70. The summed E-state index contributed by atoms with van der Waals surface area (Å²) < 4.78 is 18.3. The number of carbonyl (C=O) groups excluding carboxylic acids is 1. The molecule has 2 aliphatic rings. The Hall–Kier alpha value is -3.14. The molecule has 0 spiro atoms. The van der Waals surface area contributed by atoms with E-state index in [1.165, 1.54) is 6.20 Å². The summed E-state index contributed by atoms with van der Waals surface area (Å²) in [4.78, 5) is 18.8. The Morgan fingerprint density at radius 2 is 1.75 bits per heavy atom. The Morgan fingerprint density at radius 3 is 2.44 bits per heavy atom. The van der Waals surface area contributed by atoms with Crippen LogP contribution < -0.4 is 5.32 Å². The van der Waals surface area contributed by atoms with Gasteiger partial charge in [-0.15, -0.1) is 0 Å². The van der Waals surface area contributed by atoms with Crippen LogP contribution in [0.5, 0.6) is 0 Å². The SMILES string of the molecule is O=C(Nc1ccc(C2OC(CN3CCOCC3)CC(c3ccc(CO)cc3)O2)cc1)c1cccnc1. The number of hydrogen-bond acceptors (Lipinski definition) is 7. The van der Waals surface area contributed by atoms with Crippen LogP contribution in [-0.2, 0) is 20.8 Å². The van der Waals surface area contributed by atoms with Crippen molar-refractivity contribution in [3.05, 3.63) is 95.3 Å². The number of aliphatic hydroxyl groups excluding tert-OH is 1. The van der Waals surface area contributed by atoms with E-state index in [9.17, 15) is 9.90 Å². The second-order valence-electron chi connectivity index (χ2n) is 9.08. The summed E-state index contributed by atoms with van der Waals surface area (Å²) in [5.41, 5.74) is 4.01. The number of hydrogen-bond donors (Lipinski definition) is 2. The number of ether oxygens (including phenoxy) is 3. The average molecular weight is 490 g/mol. The Bertz CT molecular complexity index is 1120. The molecule has 1 amide bonds. The average Bonchev–Trinajstić information content (AvgIpc) is 2.94. The number of nitrogens with one attached hydrogen (secondary N) is 1. The van der Waals surface area contributed by atoms with Crippen molar-refractivity contribution in [1.29, 1.82) is 0 Å². The summed E-state index contributed by atoms with van der Waals surface area (Å²) in [7, 11) is 0. The van der Waals surface area contributed by atoms with Crippen molar-refractivity contribution < 1.29 is 24.1 Å². The molecule has 2 fully saturated rings. The number of rotatable bonds is 7. The van der Waals surface area contributed by atoms with Crippen LogP contribution in [0.15, 0.2) is 73.1 Å². The molecule has 2 N–H and O–H groups in total. The van der Waals surface area contributed by atoms with Crippen molar-refractivity contribution in [2.24, 2.45) is 0 Å². The fraction of sp³-hybridized carbons (Fsp3) is 0.357. The van der Waals surface area contributed by atoms with Gasteiger partial charge in [-0.2, -0.15) is 0 Å². The van der Waals surface area contributed by atoms with E-state index in [4.69, 9.17) is 14.2 Å². The summed E-state index contributed by atoms with van der Waals surface area (Å²) in [6.07, 6.45) is 3.24. The maximum Gasteiger partial charge on any atom is 0.257 e. The van der Waals surface area contributed by atoms with Gasteiger partial charge in [-0.1, -0.05) is 36.4 Å². The van der Waals surface area contributed by atoms with Gasteiger partial charge in [0.15, 0.2) is 6.29 Å². The third kappa shape index (κ3) is 6.16. The molecule has 36 heavy (non-hydrogen) atoms. The molecule has 1 aromatic heterocycles. The molecule has 2 aliphatic heterocycles. The molecule has 0 bridgehead atoms. The van der Waals surface area contributed by atoms with Crippen LogP contribution in [-0.4, -0.2) is 59.8 Å². The normalized spacial score (nSPS) is 22.8. The minimum atomic E-state index is -0.532. The van der Waals surface area contributed by atoms with Gasteiger partial charge < -0.3 is 24.6 Å². The van der Waals surface area contributed by atoms with Gasteiger partial charge in [0.1, 0.15) is 0 Å². The third-order valence-electron chi connectivity index (χ3n) is 6.54. The predicted molar refractivity (Wildman–Crippen MR) is 134 cm³/mol. The Morgan fingerprint density at radius 1 is 1.00 bits per heavy atom. The lowest BCUT2D eigenvalue weighted by atomic mass is 9.99. The van der Waals surface area contributed by atoms with E-state index in [1.807, 2.05) is 48.5 Å². The second-order valence-corrected chi connectivity index (χ2v) is 9.08. The molecular formula is C28H31N3O5. The summed E-state index contributed by atoms with van der Waals surface area (Å²) in [5.74, 6) is -0.210. The standard InChI is InChI=1S/C28H31N3O5/c32-19-20-3-5-21(6-4-20)26-16-25(18-31-12-14-34-15-13-31)35-28(36-26)22-7-9-24(10-8-22)30-27(33)23-2-1-11-29-17-23/h1-11,17,25-26,28,32H,12-16,18-19H2,(H,30,33). The molecule has 3 heterocycles. The van der Waals surface area contributed by atoms with Gasteiger partial charge in [-0.05, 0) is 35.4 Å². The van der Waals surface area contributed by atoms with Crippen molar-refractivity contribution in [1.82, 2.24) is 9.88 Å². The first kappa shape index (κ1) is 24.5. The minimum Gasteiger partial charge on any atom is -0.392 e. The lowest BCUT2D eigenvalue weighted by Gasteiger charge is -2.39. The first-order chi connectivity index (χ1) is 17.7. The maximum atomic E-state index is 12.4. The van der Waals surface area contributed by atoms with Crippen LogP contribution in [0.25, 0.3) is 0 Å². The Balaban J connectivity index is 1.30. The van der Waals surface area contributed by atoms with Crippen LogP contribution in [0, 0.1) is 0 Å². The number of pyridine rings is 1. The van der Waals surface area contributed by atoms with Crippen molar-refractivity contribution in [2.75, 3.05) is 38.2 Å². The molecule has 8 nitrogen and oxygen atoms in total. The highest BCUT2D eigenvalue weighted by atomic mass is 16.7. The van der Waals surface area contributed by atoms with E-state index in [-0.39, 0.29) is 24.7 Å². The molecule has 0 radical (unpaired) electrons. The van der Waals surface area contributed by atoms with Crippen LogP contribution in [0.1, 0.15) is 45.9 Å². The number of morpholine rings is 1. The van der Waals surface area contributed by atoms with Crippen LogP contribution in [0.3, 0.4) is 0 Å². The molecule has 0 aliphatic carbocycles. The molecule has 5 rings (SSSR count). The largest absolute Gasteiger partial charge is 0.392 e. The van der Waals surface area contributed by atoms with Gasteiger partial charge in [0.2, 0.25) is 0 Å². The zero-order valence-electron chi connectivity index (χ0n) is 20.1. The second kappa shape index (κ2) is 11.7. The molecule has 3 aromatic rings. The zero-order chi connectivity index (χ0) is 24.7. The number of carbonyl (C=O) groups is 1. The fourth-order valence-corrected chi connectivity index (χ4v) is 4.53. The van der Waals surface area contributed by atoms with Crippen LogP contribution in [0.2, 0.25) is 0 Å². The monoisotopic (exact) mass is 489 g/mol. The van der Waals surface area contributed by atoms with Crippen molar-refractivity contribution >= 4 is 11.6 Å². The molecule has 3 atom stereocenters. The molecule has 188 valence electrons. The van der Waals surface area contributed by atoms with E-state index in [0.717, 1.165) is 56.0 Å². The summed E-state index contributed by atoms with van der Waals surface area (Å²) in [6.45, 7) is 4.10. The highest BCUT2D eigenvalue weighted by Gasteiger charge is 2.33. The molecule has 2 aromatic carbocycles. The van der Waals surface area contributed by atoms with Crippen molar-refractivity contribution in [3.8, 4) is 0 Å². The summed E-state index contributed by atoms with van der Waals surface area (Å²) in [6, 6.07) is 18.9. The molecule has 2 saturated heterocycles. The quantitative estimate of drug-likeness (QED) is 0.523. The van der Waals surface area contributed by atoms with E-state index >= 15 is 0 Å². The first-order valence-corrected chi connectivity index (χ1v) is 12.3. The van der Waals surface area contributed by atoms with E-state index in [1.54, 1.807) is 18.3 Å². The summed E-state index contributed by atoms with van der Waals surface area (Å²) in [5, 5.41) is 12.3. The van der Waals surface area contributed by atoms with Gasteiger partial charge in [0.25, 0.3) is 5.91 Å². The molecule has 8 heteroatoms. The lowest BCUT2D eigenvalue weighted by Crippen LogP contribution is -2.44. The highest BCUT2D eigenvalue weighted by molar-refractivity contribution is 6.03. The molecule has 3 unspecified atom stereocenters. The van der Waals surface area contributed by atoms with Gasteiger partial charge in [-0.3, -0.25) is 14.7 Å². The number of nitrogens with zero attached hydrogens (tertiary/aromatic N) is 2. The topological polar surface area (TPSA) is 93.2 Å². The maximum absolute atomic E-state index is 12.4. The third-order valence-corrected chi connectivity index (χ3v) is 6.54. The van der Waals surface area contributed by atoms with E-state index in [0.29, 0.717) is 11.3 Å². The van der Waals surface area contributed by atoms with Crippen LogP contribution in [0.4, 0.5) is 5.69 Å². The number of anilines is 1. The van der Waals surface area contributed by atoms with Crippen molar-refractivity contribution in [2.45, 2.75) is 31.5 Å².